The summed E-state index contributed by atoms with van der Waals surface area (Å²) < 4.78 is 2.15. The number of aliphatic imine (C=N–C) groups is 1. The average Bonchev–Trinajstić information content (AvgIpc) is 3.15. The van der Waals surface area contributed by atoms with Gasteiger partial charge in [-0.25, -0.2) is 9.98 Å². The van der Waals surface area contributed by atoms with Crippen LogP contribution in [-0.4, -0.2) is 15.5 Å². The molecule has 5 heteroatoms. The summed E-state index contributed by atoms with van der Waals surface area (Å²) in [7, 11) is 0. The molecular formula is C23H29N5. The lowest BCUT2D eigenvalue weighted by Gasteiger charge is -2.10. The summed E-state index contributed by atoms with van der Waals surface area (Å²) in [5.74, 6) is 1.80. The first-order chi connectivity index (χ1) is 13.6. The Morgan fingerprint density at radius 3 is 2.75 bits per heavy atom. The molecule has 0 radical (unpaired) electrons. The number of aryl methyl sites for hydroxylation is 2. The van der Waals surface area contributed by atoms with Gasteiger partial charge in [-0.15, -0.1) is 0 Å². The van der Waals surface area contributed by atoms with Gasteiger partial charge >= 0.3 is 0 Å². The topological polar surface area (TPSA) is 68.2 Å². The van der Waals surface area contributed by atoms with E-state index in [0.29, 0.717) is 18.4 Å². The molecule has 3 aromatic rings. The highest BCUT2D eigenvalue weighted by atomic mass is 15.1. The van der Waals surface area contributed by atoms with E-state index in [1.54, 1.807) is 0 Å². The Kier molecular flexibility index (Phi) is 6.84. The van der Waals surface area contributed by atoms with Crippen LogP contribution in [0.1, 0.15) is 43.1 Å². The molecule has 2 aromatic carbocycles. The van der Waals surface area contributed by atoms with E-state index in [2.05, 4.69) is 70.1 Å². The SMILES string of the molecule is CC(C)c1cccc(NC(N)=NCc2nccn2CCCc2ccccc2)c1. The fourth-order valence-corrected chi connectivity index (χ4v) is 3.11. The van der Waals surface area contributed by atoms with E-state index >= 15 is 0 Å². The van der Waals surface area contributed by atoms with Crippen molar-refractivity contribution in [2.45, 2.75) is 45.7 Å². The van der Waals surface area contributed by atoms with Crippen molar-refractivity contribution in [3.63, 3.8) is 0 Å². The summed E-state index contributed by atoms with van der Waals surface area (Å²) in [4.78, 5) is 8.89. The van der Waals surface area contributed by atoms with Crippen molar-refractivity contribution in [1.29, 1.82) is 0 Å². The minimum Gasteiger partial charge on any atom is -0.370 e. The molecule has 0 aliphatic rings. The smallest absolute Gasteiger partial charge is 0.193 e. The van der Waals surface area contributed by atoms with Crippen molar-refractivity contribution in [3.05, 3.63) is 83.9 Å². The van der Waals surface area contributed by atoms with Crippen LogP contribution < -0.4 is 11.1 Å². The maximum atomic E-state index is 6.08. The molecule has 0 saturated heterocycles. The van der Waals surface area contributed by atoms with Crippen molar-refractivity contribution in [2.24, 2.45) is 10.7 Å². The maximum Gasteiger partial charge on any atom is 0.193 e. The molecule has 28 heavy (non-hydrogen) atoms. The van der Waals surface area contributed by atoms with Crippen LogP contribution in [-0.2, 0) is 19.5 Å². The summed E-state index contributed by atoms with van der Waals surface area (Å²) in [6.45, 7) is 5.73. The van der Waals surface area contributed by atoms with Gasteiger partial charge in [-0.2, -0.15) is 0 Å². The van der Waals surface area contributed by atoms with E-state index in [1.165, 1.54) is 11.1 Å². The van der Waals surface area contributed by atoms with Crippen LogP contribution >= 0.6 is 0 Å². The van der Waals surface area contributed by atoms with Crippen molar-refractivity contribution in [1.82, 2.24) is 9.55 Å². The van der Waals surface area contributed by atoms with Crippen molar-refractivity contribution in [2.75, 3.05) is 5.32 Å². The number of nitrogens with zero attached hydrogens (tertiary/aromatic N) is 3. The number of nitrogens with two attached hydrogens (primary N) is 1. The van der Waals surface area contributed by atoms with Gasteiger partial charge in [-0.1, -0.05) is 56.3 Å². The lowest BCUT2D eigenvalue weighted by Crippen LogP contribution is -2.23. The largest absolute Gasteiger partial charge is 0.370 e. The fraction of sp³-hybridized carbons (Fsp3) is 0.304. The second-order valence-corrected chi connectivity index (χ2v) is 7.23. The number of anilines is 1. The molecule has 0 spiro atoms. The van der Waals surface area contributed by atoms with E-state index < -0.39 is 0 Å². The maximum absolute atomic E-state index is 6.08. The molecule has 3 rings (SSSR count). The van der Waals surface area contributed by atoms with Gasteiger partial charge in [0, 0.05) is 24.6 Å². The van der Waals surface area contributed by atoms with Crippen LogP contribution in [0.4, 0.5) is 5.69 Å². The Labute approximate surface area is 167 Å². The molecular weight excluding hydrogens is 346 g/mol. The molecule has 1 heterocycles. The molecule has 1 aromatic heterocycles. The molecule has 0 bridgehead atoms. The molecule has 0 fully saturated rings. The molecule has 0 saturated carbocycles. The second kappa shape index (κ2) is 9.74. The van der Waals surface area contributed by atoms with Crippen molar-refractivity contribution < 1.29 is 0 Å². The number of hydrogen-bond donors (Lipinski definition) is 2. The van der Waals surface area contributed by atoms with Crippen LogP contribution in [0.15, 0.2) is 72.0 Å². The van der Waals surface area contributed by atoms with Crippen molar-refractivity contribution >= 4 is 11.6 Å². The summed E-state index contributed by atoms with van der Waals surface area (Å²) in [5, 5.41) is 3.17. The molecule has 0 aliphatic carbocycles. The minimum atomic E-state index is 0.403. The molecule has 3 N–H and O–H groups in total. The van der Waals surface area contributed by atoms with Gasteiger partial charge < -0.3 is 15.6 Å². The lowest BCUT2D eigenvalue weighted by molar-refractivity contribution is 0.611. The Morgan fingerprint density at radius 1 is 1.14 bits per heavy atom. The molecule has 0 aliphatic heterocycles. The van der Waals surface area contributed by atoms with Gasteiger partial charge in [-0.3, -0.25) is 0 Å². The summed E-state index contributed by atoms with van der Waals surface area (Å²) >= 11 is 0. The van der Waals surface area contributed by atoms with E-state index in [-0.39, 0.29) is 0 Å². The van der Waals surface area contributed by atoms with E-state index in [4.69, 9.17) is 5.73 Å². The zero-order chi connectivity index (χ0) is 19.8. The Bertz CT molecular complexity index is 896. The average molecular weight is 376 g/mol. The van der Waals surface area contributed by atoms with Crippen LogP contribution in [0.2, 0.25) is 0 Å². The van der Waals surface area contributed by atoms with Gasteiger partial charge in [0.15, 0.2) is 5.96 Å². The number of guanidine groups is 1. The first kappa shape index (κ1) is 19.7. The third kappa shape index (κ3) is 5.71. The molecule has 0 unspecified atom stereocenters. The minimum absolute atomic E-state index is 0.403. The third-order valence-corrected chi connectivity index (χ3v) is 4.73. The van der Waals surface area contributed by atoms with E-state index in [9.17, 15) is 0 Å². The number of rotatable bonds is 8. The second-order valence-electron chi connectivity index (χ2n) is 7.23. The third-order valence-electron chi connectivity index (χ3n) is 4.73. The van der Waals surface area contributed by atoms with Gasteiger partial charge in [0.2, 0.25) is 0 Å². The Balaban J connectivity index is 1.54. The summed E-state index contributed by atoms with van der Waals surface area (Å²) in [6.07, 6.45) is 5.94. The van der Waals surface area contributed by atoms with E-state index in [0.717, 1.165) is 30.9 Å². The van der Waals surface area contributed by atoms with E-state index in [1.807, 2.05) is 30.6 Å². The van der Waals surface area contributed by atoms with Crippen LogP contribution in [0.3, 0.4) is 0 Å². The highest BCUT2D eigenvalue weighted by Gasteiger charge is 2.04. The monoisotopic (exact) mass is 375 g/mol. The zero-order valence-electron chi connectivity index (χ0n) is 16.7. The molecule has 146 valence electrons. The van der Waals surface area contributed by atoms with Gasteiger partial charge in [0.1, 0.15) is 12.4 Å². The molecule has 0 atom stereocenters. The fourth-order valence-electron chi connectivity index (χ4n) is 3.11. The first-order valence-corrected chi connectivity index (χ1v) is 9.82. The standard InChI is InChI=1S/C23H29N5/c1-18(2)20-11-6-12-21(16-20)27-23(24)26-17-22-25-13-15-28(22)14-7-10-19-8-4-3-5-9-19/h3-6,8-9,11-13,15-16,18H,7,10,14,17H2,1-2H3,(H3,24,26,27). The summed E-state index contributed by atoms with van der Waals surface area (Å²) in [6, 6.07) is 18.8. The number of aromatic nitrogens is 2. The lowest BCUT2D eigenvalue weighted by atomic mass is 10.0. The normalized spacial score (nSPS) is 11.8. The van der Waals surface area contributed by atoms with Gasteiger partial charge in [-0.05, 0) is 42.0 Å². The predicted molar refractivity (Wildman–Crippen MR) is 116 cm³/mol. The van der Waals surface area contributed by atoms with Crippen LogP contribution in [0, 0.1) is 0 Å². The number of imidazole rings is 1. The first-order valence-electron chi connectivity index (χ1n) is 9.82. The predicted octanol–water partition coefficient (Wildman–Crippen LogP) is 4.57. The van der Waals surface area contributed by atoms with Gasteiger partial charge in [0.05, 0.1) is 0 Å². The quantitative estimate of drug-likeness (QED) is 0.448. The number of hydrogen-bond acceptors (Lipinski definition) is 2. The summed E-state index contributed by atoms with van der Waals surface area (Å²) in [5.41, 5.74) is 9.66. The van der Waals surface area contributed by atoms with Gasteiger partial charge in [0.25, 0.3) is 0 Å². The zero-order valence-corrected chi connectivity index (χ0v) is 16.7. The number of benzene rings is 2. The molecule has 0 amide bonds. The Hall–Kier alpha value is -3.08. The van der Waals surface area contributed by atoms with Crippen molar-refractivity contribution in [3.8, 4) is 0 Å². The highest BCUT2D eigenvalue weighted by molar-refractivity contribution is 5.92. The van der Waals surface area contributed by atoms with Crippen LogP contribution in [0.5, 0.6) is 0 Å². The highest BCUT2D eigenvalue weighted by Crippen LogP contribution is 2.18. The Morgan fingerprint density at radius 2 is 1.96 bits per heavy atom. The van der Waals surface area contributed by atoms with Crippen LogP contribution in [0.25, 0.3) is 0 Å². The number of nitrogens with one attached hydrogen (secondary N) is 1. The molecule has 5 nitrogen and oxygen atoms in total.